The average molecular weight is 391 g/mol. The van der Waals surface area contributed by atoms with Gasteiger partial charge in [-0.25, -0.2) is 0 Å². The van der Waals surface area contributed by atoms with E-state index in [-0.39, 0.29) is 0 Å². The highest BCUT2D eigenvalue weighted by Crippen LogP contribution is 2.25. The molecule has 0 N–H and O–H groups in total. The molecule has 0 saturated carbocycles. The molecule has 1 fully saturated rings. The topological polar surface area (TPSA) is 33.5 Å². The first-order chi connectivity index (χ1) is 13.0. The van der Waals surface area contributed by atoms with E-state index in [2.05, 4.69) is 40.1 Å². The van der Waals surface area contributed by atoms with E-state index in [4.69, 9.17) is 16.3 Å². The lowest BCUT2D eigenvalue weighted by Crippen LogP contribution is -2.44. The molecular formula is C21H31ClN4O. The zero-order valence-corrected chi connectivity index (χ0v) is 17.7. The molecule has 27 heavy (non-hydrogen) atoms. The first-order valence-electron chi connectivity index (χ1n) is 9.74. The third-order valence-electron chi connectivity index (χ3n) is 5.49. The Hall–Kier alpha value is -1.56. The Bertz CT molecular complexity index is 766. The van der Waals surface area contributed by atoms with Crippen LogP contribution >= 0.6 is 11.6 Å². The van der Waals surface area contributed by atoms with Crippen molar-refractivity contribution in [3.63, 3.8) is 0 Å². The smallest absolute Gasteiger partial charge is 0.123 e. The van der Waals surface area contributed by atoms with Gasteiger partial charge in [0.1, 0.15) is 5.75 Å². The average Bonchev–Trinajstić information content (AvgIpc) is 2.90. The summed E-state index contributed by atoms with van der Waals surface area (Å²) >= 11 is 6.30. The van der Waals surface area contributed by atoms with Crippen LogP contribution in [0.3, 0.4) is 0 Å². The van der Waals surface area contributed by atoms with Crippen LogP contribution in [0, 0.1) is 13.8 Å². The van der Waals surface area contributed by atoms with Gasteiger partial charge in [0.15, 0.2) is 0 Å². The second-order valence-electron chi connectivity index (χ2n) is 7.54. The number of nitrogens with zero attached hydrogens (tertiary/aromatic N) is 4. The summed E-state index contributed by atoms with van der Waals surface area (Å²) in [6, 6.07) is 6.52. The van der Waals surface area contributed by atoms with E-state index in [1.807, 2.05) is 18.5 Å². The van der Waals surface area contributed by atoms with Gasteiger partial charge in [-0.1, -0.05) is 23.7 Å². The normalized spacial score (nSPS) is 16.0. The molecule has 0 radical (unpaired) electrons. The van der Waals surface area contributed by atoms with E-state index >= 15 is 0 Å². The molecule has 1 aromatic heterocycles. The monoisotopic (exact) mass is 390 g/mol. The molecule has 6 heteroatoms. The fraction of sp³-hybridized carbons (Fsp3) is 0.571. The van der Waals surface area contributed by atoms with Gasteiger partial charge in [-0.2, -0.15) is 5.10 Å². The van der Waals surface area contributed by atoms with Gasteiger partial charge in [0, 0.05) is 31.7 Å². The second-order valence-corrected chi connectivity index (χ2v) is 7.92. The van der Waals surface area contributed by atoms with Crippen molar-refractivity contribution in [1.82, 2.24) is 19.6 Å². The summed E-state index contributed by atoms with van der Waals surface area (Å²) in [6.07, 6.45) is 2.27. The van der Waals surface area contributed by atoms with Crippen molar-refractivity contribution < 1.29 is 4.74 Å². The highest BCUT2D eigenvalue weighted by atomic mass is 35.5. The number of piperazine rings is 1. The Morgan fingerprint density at radius 3 is 2.52 bits per heavy atom. The number of methoxy groups -OCH3 is 1. The van der Waals surface area contributed by atoms with Gasteiger partial charge < -0.3 is 14.5 Å². The molecule has 1 aromatic carbocycles. The molecule has 0 amide bonds. The number of benzene rings is 1. The van der Waals surface area contributed by atoms with Gasteiger partial charge in [0.05, 0.1) is 30.1 Å². The van der Waals surface area contributed by atoms with Gasteiger partial charge >= 0.3 is 0 Å². The molecule has 3 rings (SSSR count). The van der Waals surface area contributed by atoms with Crippen LogP contribution in [-0.4, -0.2) is 66.5 Å². The van der Waals surface area contributed by atoms with E-state index in [9.17, 15) is 0 Å². The van der Waals surface area contributed by atoms with Crippen molar-refractivity contribution in [2.24, 2.45) is 0 Å². The summed E-state index contributed by atoms with van der Waals surface area (Å²) < 4.78 is 7.53. The molecule has 1 saturated heterocycles. The Morgan fingerprint density at radius 1 is 1.15 bits per heavy atom. The summed E-state index contributed by atoms with van der Waals surface area (Å²) in [5, 5.41) is 5.31. The van der Waals surface area contributed by atoms with Crippen LogP contribution in [0.15, 0.2) is 18.2 Å². The predicted octanol–water partition coefficient (Wildman–Crippen LogP) is 3.39. The van der Waals surface area contributed by atoms with Crippen molar-refractivity contribution in [1.29, 1.82) is 0 Å². The van der Waals surface area contributed by atoms with Crippen LogP contribution < -0.4 is 4.74 Å². The fourth-order valence-electron chi connectivity index (χ4n) is 3.68. The summed E-state index contributed by atoms with van der Waals surface area (Å²) in [6.45, 7) is 10.5. The largest absolute Gasteiger partial charge is 0.496 e. The number of hydrogen-bond acceptors (Lipinski definition) is 4. The summed E-state index contributed by atoms with van der Waals surface area (Å²) in [5.41, 5.74) is 4.37. The Labute approximate surface area is 167 Å². The lowest BCUT2D eigenvalue weighted by Gasteiger charge is -2.32. The summed E-state index contributed by atoms with van der Waals surface area (Å²) in [5.74, 6) is 0.904. The maximum absolute atomic E-state index is 6.30. The van der Waals surface area contributed by atoms with Crippen molar-refractivity contribution >= 4 is 11.6 Å². The molecule has 0 bridgehead atoms. The molecular weight excluding hydrogens is 360 g/mol. The zero-order valence-electron chi connectivity index (χ0n) is 17.0. The van der Waals surface area contributed by atoms with Crippen LogP contribution in [-0.2, 0) is 13.0 Å². The van der Waals surface area contributed by atoms with Crippen LogP contribution in [0.25, 0.3) is 0 Å². The molecule has 0 spiro atoms. The molecule has 0 atom stereocenters. The van der Waals surface area contributed by atoms with Crippen LogP contribution in [0.2, 0.25) is 5.02 Å². The standard InChI is InChI=1S/C21H31ClN4O/c1-16-21(22)17(2)26(23-16)15-19-14-18(7-8-20(19)27-4)6-5-9-25-12-10-24(3)11-13-25/h7-8,14H,5-6,9-13,15H2,1-4H3. The maximum Gasteiger partial charge on any atom is 0.123 e. The van der Waals surface area contributed by atoms with Crippen LogP contribution in [0.5, 0.6) is 5.75 Å². The highest BCUT2D eigenvalue weighted by Gasteiger charge is 2.14. The Kier molecular flexibility index (Phi) is 6.79. The predicted molar refractivity (Wildman–Crippen MR) is 111 cm³/mol. The zero-order chi connectivity index (χ0) is 19.4. The van der Waals surface area contributed by atoms with E-state index in [1.165, 1.54) is 44.7 Å². The summed E-state index contributed by atoms with van der Waals surface area (Å²) in [7, 11) is 3.92. The molecule has 0 unspecified atom stereocenters. The fourth-order valence-corrected chi connectivity index (χ4v) is 3.81. The minimum Gasteiger partial charge on any atom is -0.496 e. The van der Waals surface area contributed by atoms with E-state index < -0.39 is 0 Å². The van der Waals surface area contributed by atoms with Gasteiger partial charge in [-0.05, 0) is 51.9 Å². The van der Waals surface area contributed by atoms with Gasteiger partial charge in [-0.15, -0.1) is 0 Å². The van der Waals surface area contributed by atoms with Crippen molar-refractivity contribution in [3.05, 3.63) is 45.7 Å². The molecule has 2 heterocycles. The molecule has 148 valence electrons. The lowest BCUT2D eigenvalue weighted by atomic mass is 10.0. The highest BCUT2D eigenvalue weighted by molar-refractivity contribution is 6.31. The SMILES string of the molecule is COc1ccc(CCCN2CCN(C)CC2)cc1Cn1nc(C)c(Cl)c1C. The molecule has 0 aliphatic carbocycles. The number of rotatable bonds is 7. The number of hydrogen-bond donors (Lipinski definition) is 0. The Balaban J connectivity index is 1.63. The van der Waals surface area contributed by atoms with Crippen LogP contribution in [0.1, 0.15) is 28.9 Å². The van der Waals surface area contributed by atoms with Gasteiger partial charge in [0.2, 0.25) is 0 Å². The number of halogens is 1. The third kappa shape index (κ3) is 5.03. The first kappa shape index (κ1) is 20.2. The molecule has 5 nitrogen and oxygen atoms in total. The van der Waals surface area contributed by atoms with E-state index in [1.54, 1.807) is 7.11 Å². The summed E-state index contributed by atoms with van der Waals surface area (Å²) in [4.78, 5) is 4.97. The minimum atomic E-state index is 0.675. The van der Waals surface area contributed by atoms with Crippen molar-refractivity contribution in [2.45, 2.75) is 33.2 Å². The second kappa shape index (κ2) is 9.09. The first-order valence-corrected chi connectivity index (χ1v) is 10.1. The van der Waals surface area contributed by atoms with Crippen molar-refractivity contribution in [2.75, 3.05) is 46.9 Å². The number of ether oxygens (including phenoxy) is 1. The molecule has 1 aliphatic rings. The van der Waals surface area contributed by atoms with Gasteiger partial charge in [0.25, 0.3) is 0 Å². The number of aromatic nitrogens is 2. The maximum atomic E-state index is 6.30. The van der Waals surface area contributed by atoms with Gasteiger partial charge in [-0.3, -0.25) is 4.68 Å². The lowest BCUT2D eigenvalue weighted by molar-refractivity contribution is 0.153. The van der Waals surface area contributed by atoms with E-state index in [0.29, 0.717) is 6.54 Å². The number of aryl methyl sites for hydroxylation is 2. The van der Waals surface area contributed by atoms with E-state index in [0.717, 1.165) is 34.1 Å². The number of likely N-dealkylation sites (N-methyl/N-ethyl adjacent to an activating group) is 1. The minimum absolute atomic E-state index is 0.675. The molecule has 2 aromatic rings. The molecule has 1 aliphatic heterocycles. The van der Waals surface area contributed by atoms with Crippen LogP contribution in [0.4, 0.5) is 0 Å². The quantitative estimate of drug-likeness (QED) is 0.725. The Morgan fingerprint density at radius 2 is 1.89 bits per heavy atom. The van der Waals surface area contributed by atoms with Crippen molar-refractivity contribution in [3.8, 4) is 5.75 Å². The third-order valence-corrected chi connectivity index (χ3v) is 6.04.